The van der Waals surface area contributed by atoms with Gasteiger partial charge in [0, 0.05) is 24.6 Å². The molecule has 0 saturated carbocycles. The van der Waals surface area contributed by atoms with Crippen LogP contribution in [-0.4, -0.2) is 29.6 Å². The van der Waals surface area contributed by atoms with Crippen LogP contribution >= 0.6 is 0 Å². The van der Waals surface area contributed by atoms with E-state index in [1.807, 2.05) is 5.43 Å². The Hall–Kier alpha value is -3.27. The predicted molar refractivity (Wildman–Crippen MR) is 91.4 cm³/mol. The third-order valence-electron chi connectivity index (χ3n) is 3.37. The van der Waals surface area contributed by atoms with E-state index in [9.17, 15) is 28.1 Å². The number of nitro groups is 1. The molecule has 0 fully saturated rings. The Morgan fingerprint density at radius 2 is 1.73 bits per heavy atom. The maximum Gasteiger partial charge on any atom is 0.284 e. The molecule has 2 amide bonds. The van der Waals surface area contributed by atoms with E-state index in [0.29, 0.717) is 0 Å². The number of amides is 2. The lowest BCUT2D eigenvalue weighted by Gasteiger charge is -2.21. The van der Waals surface area contributed by atoms with Crippen LogP contribution in [0.15, 0.2) is 53.4 Å². The van der Waals surface area contributed by atoms with Crippen molar-refractivity contribution in [1.29, 1.82) is 0 Å². The molecule has 0 saturated heterocycles. The molecule has 0 bridgehead atoms. The topological polar surface area (TPSA) is 127 Å². The van der Waals surface area contributed by atoms with Crippen LogP contribution in [0.5, 0.6) is 0 Å². The summed E-state index contributed by atoms with van der Waals surface area (Å²) in [6.45, 7) is 2.74. The number of hydrogen-bond donors (Lipinski definition) is 1. The first kappa shape index (κ1) is 19.1. The monoisotopic (exact) mass is 377 g/mol. The van der Waals surface area contributed by atoms with Gasteiger partial charge in [-0.2, -0.15) is 8.42 Å². The minimum Gasteiger partial charge on any atom is -0.272 e. The van der Waals surface area contributed by atoms with Gasteiger partial charge in [-0.3, -0.25) is 19.7 Å². The number of hydrogen-bond acceptors (Lipinski definition) is 6. The fourth-order valence-electron chi connectivity index (χ4n) is 2.04. The second-order valence-electron chi connectivity index (χ2n) is 5.35. The number of carbonyl (C=O) groups is 2. The lowest BCUT2D eigenvalue weighted by Crippen LogP contribution is -2.48. The van der Waals surface area contributed by atoms with Crippen LogP contribution in [0.25, 0.3) is 0 Å². The van der Waals surface area contributed by atoms with Crippen molar-refractivity contribution >= 4 is 27.5 Å². The van der Waals surface area contributed by atoms with Crippen LogP contribution in [0.4, 0.5) is 5.69 Å². The molecule has 0 aliphatic carbocycles. The number of benzene rings is 2. The van der Waals surface area contributed by atoms with Crippen LogP contribution in [-0.2, 0) is 14.8 Å². The van der Waals surface area contributed by atoms with Crippen molar-refractivity contribution < 1.29 is 22.9 Å². The zero-order valence-electron chi connectivity index (χ0n) is 13.9. The summed E-state index contributed by atoms with van der Waals surface area (Å²) in [4.78, 5) is 34.0. The fourth-order valence-corrected chi connectivity index (χ4v) is 3.27. The normalized spacial score (nSPS) is 10.8. The van der Waals surface area contributed by atoms with E-state index in [2.05, 4.69) is 0 Å². The number of nitrogens with zero attached hydrogens (tertiary/aromatic N) is 2. The van der Waals surface area contributed by atoms with Gasteiger partial charge in [-0.1, -0.05) is 23.8 Å². The summed E-state index contributed by atoms with van der Waals surface area (Å²) in [6.07, 6.45) is 0. The van der Waals surface area contributed by atoms with Crippen molar-refractivity contribution in [3.05, 3.63) is 69.8 Å². The quantitative estimate of drug-likeness (QED) is 0.639. The number of aryl methyl sites for hydroxylation is 1. The van der Waals surface area contributed by atoms with Crippen LogP contribution in [0.1, 0.15) is 22.8 Å². The Balaban J connectivity index is 2.35. The summed E-state index contributed by atoms with van der Waals surface area (Å²) in [7, 11) is -4.33. The van der Waals surface area contributed by atoms with Crippen LogP contribution in [0, 0.1) is 17.0 Å². The van der Waals surface area contributed by atoms with Gasteiger partial charge in [0.25, 0.3) is 27.5 Å². The van der Waals surface area contributed by atoms with Gasteiger partial charge in [0.15, 0.2) is 0 Å². The summed E-state index contributed by atoms with van der Waals surface area (Å²) in [5.74, 6) is -1.91. The largest absolute Gasteiger partial charge is 0.284 e. The zero-order valence-corrected chi connectivity index (χ0v) is 14.7. The second-order valence-corrected chi connectivity index (χ2v) is 7.14. The van der Waals surface area contributed by atoms with E-state index in [4.69, 9.17) is 0 Å². The van der Waals surface area contributed by atoms with Crippen molar-refractivity contribution in [2.45, 2.75) is 18.7 Å². The SMILES string of the molecule is CC(=O)N(NC(=O)c1cccc([N+](=O)[O-])c1)S(=O)(=O)c1ccc(C)cc1. The highest BCUT2D eigenvalue weighted by molar-refractivity contribution is 7.89. The molecule has 9 nitrogen and oxygen atoms in total. The Labute approximate surface area is 149 Å². The Bertz CT molecular complexity index is 970. The summed E-state index contributed by atoms with van der Waals surface area (Å²) < 4.78 is 25.4. The Morgan fingerprint density at radius 3 is 2.27 bits per heavy atom. The lowest BCUT2D eigenvalue weighted by molar-refractivity contribution is -0.384. The number of sulfonamides is 1. The lowest BCUT2D eigenvalue weighted by atomic mass is 10.2. The Morgan fingerprint density at radius 1 is 1.12 bits per heavy atom. The zero-order chi connectivity index (χ0) is 19.5. The number of rotatable bonds is 4. The molecule has 0 heterocycles. The molecule has 26 heavy (non-hydrogen) atoms. The standard InChI is InChI=1S/C16H15N3O6S/c1-11-6-8-15(9-7-11)26(24,25)18(12(2)20)17-16(21)13-4-3-5-14(10-13)19(22)23/h3-10H,1-2H3,(H,17,21). The molecule has 0 atom stereocenters. The highest BCUT2D eigenvalue weighted by Gasteiger charge is 2.29. The molecule has 136 valence electrons. The van der Waals surface area contributed by atoms with Gasteiger partial charge in [-0.05, 0) is 25.1 Å². The Kier molecular flexibility index (Phi) is 5.36. The number of non-ortho nitro benzene ring substituents is 1. The molecular formula is C16H15N3O6S. The van der Waals surface area contributed by atoms with Gasteiger partial charge < -0.3 is 0 Å². The molecule has 0 aromatic heterocycles. The van der Waals surface area contributed by atoms with Gasteiger partial charge >= 0.3 is 0 Å². The van der Waals surface area contributed by atoms with Crippen molar-refractivity contribution in [2.24, 2.45) is 0 Å². The molecule has 2 rings (SSSR count). The predicted octanol–water partition coefficient (Wildman–Crippen LogP) is 1.79. The van der Waals surface area contributed by atoms with Gasteiger partial charge in [-0.15, -0.1) is 4.41 Å². The first-order valence-corrected chi connectivity index (χ1v) is 8.75. The van der Waals surface area contributed by atoms with Gasteiger partial charge in [0.2, 0.25) is 0 Å². The van der Waals surface area contributed by atoms with Crippen LogP contribution < -0.4 is 5.43 Å². The van der Waals surface area contributed by atoms with E-state index < -0.39 is 26.8 Å². The van der Waals surface area contributed by atoms with Crippen molar-refractivity contribution in [3.8, 4) is 0 Å². The molecule has 0 aliphatic heterocycles. The average Bonchev–Trinajstić information content (AvgIpc) is 2.59. The van der Waals surface area contributed by atoms with E-state index in [0.717, 1.165) is 18.6 Å². The second kappa shape index (κ2) is 7.31. The van der Waals surface area contributed by atoms with E-state index in [-0.39, 0.29) is 20.6 Å². The van der Waals surface area contributed by atoms with Gasteiger partial charge in [0.1, 0.15) is 0 Å². The van der Waals surface area contributed by atoms with Gasteiger partial charge in [0.05, 0.1) is 9.82 Å². The van der Waals surface area contributed by atoms with Crippen LogP contribution in [0.2, 0.25) is 0 Å². The van der Waals surface area contributed by atoms with E-state index in [1.54, 1.807) is 19.1 Å². The third kappa shape index (κ3) is 4.03. The minimum absolute atomic E-state index is 0.162. The smallest absolute Gasteiger partial charge is 0.272 e. The highest BCUT2D eigenvalue weighted by atomic mass is 32.2. The molecule has 2 aromatic rings. The van der Waals surface area contributed by atoms with E-state index >= 15 is 0 Å². The summed E-state index contributed by atoms with van der Waals surface area (Å²) in [5.41, 5.74) is 2.30. The van der Waals surface area contributed by atoms with Crippen molar-refractivity contribution in [2.75, 3.05) is 0 Å². The first-order valence-electron chi connectivity index (χ1n) is 7.31. The maximum absolute atomic E-state index is 12.6. The molecule has 0 radical (unpaired) electrons. The molecule has 0 unspecified atom stereocenters. The average molecular weight is 377 g/mol. The molecule has 10 heteroatoms. The van der Waals surface area contributed by atoms with E-state index in [1.165, 1.54) is 30.3 Å². The maximum atomic E-state index is 12.6. The van der Waals surface area contributed by atoms with Crippen molar-refractivity contribution in [1.82, 2.24) is 9.84 Å². The minimum atomic E-state index is -4.33. The summed E-state index contributed by atoms with van der Waals surface area (Å²) in [6, 6.07) is 10.4. The van der Waals surface area contributed by atoms with Gasteiger partial charge in [-0.25, -0.2) is 5.43 Å². The number of hydrazine groups is 1. The molecule has 2 aromatic carbocycles. The number of carbonyl (C=O) groups excluding carboxylic acids is 2. The molecule has 1 N–H and O–H groups in total. The number of nitrogens with one attached hydrogen (secondary N) is 1. The number of nitro benzene ring substituents is 1. The highest BCUT2D eigenvalue weighted by Crippen LogP contribution is 2.17. The van der Waals surface area contributed by atoms with Crippen molar-refractivity contribution in [3.63, 3.8) is 0 Å². The summed E-state index contributed by atoms with van der Waals surface area (Å²) >= 11 is 0. The molecular weight excluding hydrogens is 362 g/mol. The van der Waals surface area contributed by atoms with Crippen LogP contribution in [0.3, 0.4) is 0 Å². The first-order chi connectivity index (χ1) is 12.1. The third-order valence-corrected chi connectivity index (χ3v) is 5.06. The fraction of sp³-hybridized carbons (Fsp3) is 0.125. The molecule has 0 spiro atoms. The molecule has 0 aliphatic rings. The summed E-state index contributed by atoms with van der Waals surface area (Å²) in [5, 5.41) is 10.8.